The van der Waals surface area contributed by atoms with Crippen molar-refractivity contribution >= 4 is 11.7 Å². The monoisotopic (exact) mass is 351 g/mol. The number of carbonyl (C=O) groups is 1. The van der Waals surface area contributed by atoms with Gasteiger partial charge in [0.2, 0.25) is 0 Å². The van der Waals surface area contributed by atoms with Crippen LogP contribution in [0, 0.1) is 0 Å². The molecule has 6 heteroatoms. The highest BCUT2D eigenvalue weighted by atomic mass is 16.5. The summed E-state index contributed by atoms with van der Waals surface area (Å²) >= 11 is 0. The molecule has 2 heterocycles. The molecule has 3 aromatic rings. The molecule has 1 unspecified atom stereocenters. The first-order chi connectivity index (χ1) is 12.7. The summed E-state index contributed by atoms with van der Waals surface area (Å²) < 4.78 is 10.8. The number of nitrogens with zero attached hydrogens (tertiary/aromatic N) is 1. The number of pyridine rings is 1. The van der Waals surface area contributed by atoms with Gasteiger partial charge in [0, 0.05) is 18.1 Å². The van der Waals surface area contributed by atoms with E-state index < -0.39 is 0 Å². The van der Waals surface area contributed by atoms with Crippen LogP contribution in [0.1, 0.15) is 29.9 Å². The fraction of sp³-hybridized carbons (Fsp3) is 0.200. The highest BCUT2D eigenvalue weighted by molar-refractivity contribution is 5.89. The zero-order valence-corrected chi connectivity index (χ0v) is 14.5. The Bertz CT molecular complexity index is 819. The summed E-state index contributed by atoms with van der Waals surface area (Å²) in [5, 5.41) is 5.75. The predicted molar refractivity (Wildman–Crippen MR) is 98.4 cm³/mol. The van der Waals surface area contributed by atoms with Crippen LogP contribution in [-0.2, 0) is 18.0 Å². The second-order valence-electron chi connectivity index (χ2n) is 5.87. The molecule has 1 atom stereocenters. The third kappa shape index (κ3) is 5.19. The van der Waals surface area contributed by atoms with Crippen LogP contribution in [0.5, 0.6) is 0 Å². The normalized spacial score (nSPS) is 11.7. The molecular formula is C20H21N3O3. The fourth-order valence-electron chi connectivity index (χ4n) is 2.50. The highest BCUT2D eigenvalue weighted by Crippen LogP contribution is 2.14. The number of anilines is 1. The molecule has 0 saturated heterocycles. The van der Waals surface area contributed by atoms with E-state index in [1.807, 2.05) is 55.5 Å². The van der Waals surface area contributed by atoms with Gasteiger partial charge in [-0.3, -0.25) is 4.98 Å². The van der Waals surface area contributed by atoms with Gasteiger partial charge >= 0.3 is 6.03 Å². The van der Waals surface area contributed by atoms with Crippen LogP contribution in [0.25, 0.3) is 0 Å². The van der Waals surface area contributed by atoms with Gasteiger partial charge in [-0.2, -0.15) is 0 Å². The molecular weight excluding hydrogens is 330 g/mol. The minimum absolute atomic E-state index is 0.113. The van der Waals surface area contributed by atoms with Crippen molar-refractivity contribution in [2.24, 2.45) is 0 Å². The summed E-state index contributed by atoms with van der Waals surface area (Å²) in [4.78, 5) is 16.2. The van der Waals surface area contributed by atoms with Crippen LogP contribution >= 0.6 is 0 Å². The quantitative estimate of drug-likeness (QED) is 0.666. The van der Waals surface area contributed by atoms with Crippen molar-refractivity contribution in [2.75, 3.05) is 5.32 Å². The van der Waals surface area contributed by atoms with Crippen molar-refractivity contribution in [3.8, 4) is 0 Å². The molecule has 2 N–H and O–H groups in total. The SMILES string of the molecule is CC(NC(=O)Nc1cccc(COCc2ccco2)c1)c1ccncc1. The van der Waals surface area contributed by atoms with Crippen LogP contribution in [-0.4, -0.2) is 11.0 Å². The van der Waals surface area contributed by atoms with Crippen molar-refractivity contribution < 1.29 is 13.9 Å². The lowest BCUT2D eigenvalue weighted by Gasteiger charge is -2.15. The molecule has 0 aliphatic carbocycles. The van der Waals surface area contributed by atoms with Crippen molar-refractivity contribution in [1.29, 1.82) is 0 Å². The van der Waals surface area contributed by atoms with Crippen LogP contribution in [0.15, 0.2) is 71.6 Å². The standard InChI is InChI=1S/C20H21N3O3/c1-15(17-7-9-21-10-8-17)22-20(24)23-18-5-2-4-16(12-18)13-25-14-19-6-3-11-26-19/h2-12,15H,13-14H2,1H3,(H2,22,23,24). The number of furan rings is 1. The van der Waals surface area contributed by atoms with Gasteiger partial charge < -0.3 is 19.8 Å². The Morgan fingerprint density at radius 3 is 2.77 bits per heavy atom. The molecule has 1 aromatic carbocycles. The van der Waals surface area contributed by atoms with Gasteiger partial charge in [-0.05, 0) is 54.4 Å². The van der Waals surface area contributed by atoms with Gasteiger partial charge in [0.25, 0.3) is 0 Å². The van der Waals surface area contributed by atoms with Gasteiger partial charge in [-0.1, -0.05) is 12.1 Å². The minimum atomic E-state index is -0.261. The van der Waals surface area contributed by atoms with E-state index in [9.17, 15) is 4.79 Å². The topological polar surface area (TPSA) is 76.4 Å². The first kappa shape index (κ1) is 17.7. The largest absolute Gasteiger partial charge is 0.467 e. The van der Waals surface area contributed by atoms with E-state index >= 15 is 0 Å². The molecule has 0 aliphatic heterocycles. The first-order valence-electron chi connectivity index (χ1n) is 8.37. The van der Waals surface area contributed by atoms with Crippen LogP contribution in [0.2, 0.25) is 0 Å². The van der Waals surface area contributed by atoms with Crippen molar-refractivity contribution in [3.63, 3.8) is 0 Å². The molecule has 134 valence electrons. The molecule has 0 aliphatic rings. The Hall–Kier alpha value is -3.12. The minimum Gasteiger partial charge on any atom is -0.467 e. The van der Waals surface area contributed by atoms with Crippen LogP contribution in [0.3, 0.4) is 0 Å². The Kier molecular flexibility index (Phi) is 6.01. The van der Waals surface area contributed by atoms with E-state index in [1.54, 1.807) is 18.7 Å². The molecule has 0 radical (unpaired) electrons. The molecule has 0 saturated carbocycles. The second-order valence-corrected chi connectivity index (χ2v) is 5.87. The van der Waals surface area contributed by atoms with Gasteiger partial charge in [0.05, 0.1) is 18.9 Å². The zero-order valence-electron chi connectivity index (χ0n) is 14.5. The highest BCUT2D eigenvalue weighted by Gasteiger charge is 2.09. The summed E-state index contributed by atoms with van der Waals surface area (Å²) in [5.41, 5.74) is 2.68. The number of nitrogens with one attached hydrogen (secondary N) is 2. The third-order valence-electron chi connectivity index (χ3n) is 3.83. The van der Waals surface area contributed by atoms with E-state index in [0.717, 1.165) is 16.9 Å². The van der Waals surface area contributed by atoms with E-state index in [4.69, 9.17) is 9.15 Å². The molecule has 2 amide bonds. The van der Waals surface area contributed by atoms with Crippen molar-refractivity contribution in [2.45, 2.75) is 26.2 Å². The van der Waals surface area contributed by atoms with E-state index in [2.05, 4.69) is 15.6 Å². The fourth-order valence-corrected chi connectivity index (χ4v) is 2.50. The molecule has 2 aromatic heterocycles. The molecule has 0 spiro atoms. The predicted octanol–water partition coefficient (Wildman–Crippen LogP) is 4.27. The number of urea groups is 1. The first-order valence-corrected chi connectivity index (χ1v) is 8.37. The number of amides is 2. The number of ether oxygens (including phenoxy) is 1. The lowest BCUT2D eigenvalue weighted by Crippen LogP contribution is -2.31. The smallest absolute Gasteiger partial charge is 0.319 e. The Morgan fingerprint density at radius 2 is 2.00 bits per heavy atom. The summed E-state index contributed by atoms with van der Waals surface area (Å²) in [6.45, 7) is 2.77. The number of aromatic nitrogens is 1. The average Bonchev–Trinajstić information content (AvgIpc) is 3.16. The van der Waals surface area contributed by atoms with Crippen LogP contribution in [0.4, 0.5) is 10.5 Å². The van der Waals surface area contributed by atoms with Gasteiger partial charge in [-0.25, -0.2) is 4.79 Å². The zero-order chi connectivity index (χ0) is 18.2. The number of hydrogen-bond acceptors (Lipinski definition) is 4. The summed E-state index contributed by atoms with van der Waals surface area (Å²) in [7, 11) is 0. The Balaban J connectivity index is 1.50. The molecule has 0 fully saturated rings. The van der Waals surface area contributed by atoms with Crippen molar-refractivity contribution in [1.82, 2.24) is 10.3 Å². The van der Waals surface area contributed by atoms with Gasteiger partial charge in [0.1, 0.15) is 12.4 Å². The molecule has 3 rings (SSSR count). The average molecular weight is 351 g/mol. The lowest BCUT2D eigenvalue weighted by atomic mass is 10.1. The van der Waals surface area contributed by atoms with E-state index in [1.165, 1.54) is 0 Å². The lowest BCUT2D eigenvalue weighted by molar-refractivity contribution is 0.0930. The summed E-state index contributed by atoms with van der Waals surface area (Å²) in [5.74, 6) is 0.781. The second kappa shape index (κ2) is 8.82. The Labute approximate surface area is 152 Å². The summed E-state index contributed by atoms with van der Waals surface area (Å²) in [6.07, 6.45) is 5.03. The number of hydrogen-bond donors (Lipinski definition) is 2. The maximum Gasteiger partial charge on any atom is 0.319 e. The van der Waals surface area contributed by atoms with Gasteiger partial charge in [0.15, 0.2) is 0 Å². The molecule has 6 nitrogen and oxygen atoms in total. The molecule has 26 heavy (non-hydrogen) atoms. The Morgan fingerprint density at radius 1 is 1.15 bits per heavy atom. The number of benzene rings is 1. The van der Waals surface area contributed by atoms with Crippen LogP contribution < -0.4 is 10.6 Å². The van der Waals surface area contributed by atoms with Crippen molar-refractivity contribution in [3.05, 3.63) is 84.1 Å². The molecule has 0 bridgehead atoms. The maximum atomic E-state index is 12.2. The van der Waals surface area contributed by atoms with E-state index in [0.29, 0.717) is 18.9 Å². The summed E-state index contributed by atoms with van der Waals surface area (Å²) in [6, 6.07) is 14.6. The number of rotatable bonds is 7. The maximum absolute atomic E-state index is 12.2. The van der Waals surface area contributed by atoms with E-state index in [-0.39, 0.29) is 12.1 Å². The number of carbonyl (C=O) groups excluding carboxylic acids is 1. The van der Waals surface area contributed by atoms with Gasteiger partial charge in [-0.15, -0.1) is 0 Å². The third-order valence-corrected chi connectivity index (χ3v) is 3.83.